The Balaban J connectivity index is 2.61. The molecule has 1 aliphatic heterocycles. The molecule has 1 aliphatic rings. The van der Waals surface area contributed by atoms with Gasteiger partial charge in [-0.1, -0.05) is 0 Å². The molecule has 0 saturated carbocycles. The zero-order valence-electron chi connectivity index (χ0n) is 12.2. The fourth-order valence-corrected chi connectivity index (χ4v) is 2.29. The van der Waals surface area contributed by atoms with Crippen molar-refractivity contribution in [2.75, 3.05) is 13.1 Å². The topological polar surface area (TPSA) is 98.7 Å². The molecule has 1 rings (SSSR count). The van der Waals surface area contributed by atoms with Gasteiger partial charge in [-0.25, -0.2) is 9.59 Å². The maximum atomic E-state index is 12.1. The minimum atomic E-state index is -1.20. The van der Waals surface area contributed by atoms with Crippen LogP contribution in [-0.2, 0) is 9.59 Å². The number of likely N-dealkylation sites (tertiary alicyclic amines) is 1. The highest BCUT2D eigenvalue weighted by Gasteiger charge is 2.43. The monoisotopic (exact) mass is 285 g/mol. The number of hydrogen-bond acceptors (Lipinski definition) is 3. The highest BCUT2D eigenvalue weighted by molar-refractivity contribution is 5.88. The van der Waals surface area contributed by atoms with Gasteiger partial charge in [0.05, 0.1) is 6.54 Å². The van der Waals surface area contributed by atoms with Crippen molar-refractivity contribution in [2.45, 2.75) is 51.6 Å². The van der Waals surface area contributed by atoms with Crippen LogP contribution in [0.2, 0.25) is 0 Å². The van der Waals surface area contributed by atoms with E-state index in [0.29, 0.717) is 13.0 Å². The highest BCUT2D eigenvalue weighted by Crippen LogP contribution is 2.28. The number of carboxylic acids is 1. The number of urea groups is 1. The molecule has 0 radical (unpaired) electrons. The van der Waals surface area contributed by atoms with Crippen LogP contribution in [-0.4, -0.2) is 52.6 Å². The van der Waals surface area contributed by atoms with E-state index in [0.717, 1.165) is 12.8 Å². The summed E-state index contributed by atoms with van der Waals surface area (Å²) in [4.78, 5) is 36.2. The van der Waals surface area contributed by atoms with Crippen LogP contribution >= 0.6 is 0 Å². The summed E-state index contributed by atoms with van der Waals surface area (Å²) in [7, 11) is 0. The van der Waals surface area contributed by atoms with Crippen LogP contribution < -0.4 is 10.6 Å². The van der Waals surface area contributed by atoms with Crippen LogP contribution in [0.5, 0.6) is 0 Å². The van der Waals surface area contributed by atoms with Gasteiger partial charge >= 0.3 is 12.0 Å². The van der Waals surface area contributed by atoms with Crippen molar-refractivity contribution in [1.29, 1.82) is 0 Å². The molecule has 0 aromatic carbocycles. The van der Waals surface area contributed by atoms with E-state index >= 15 is 0 Å². The SMILES string of the molecule is CC(C)NC(=O)CNC(=O)N1CCCCC1(C)C(=O)O. The van der Waals surface area contributed by atoms with Gasteiger partial charge in [0.25, 0.3) is 0 Å². The first-order chi connectivity index (χ1) is 9.27. The number of nitrogens with zero attached hydrogens (tertiary/aromatic N) is 1. The number of rotatable bonds is 4. The second kappa shape index (κ2) is 6.58. The van der Waals surface area contributed by atoms with Crippen LogP contribution in [0.15, 0.2) is 0 Å². The van der Waals surface area contributed by atoms with E-state index < -0.39 is 17.5 Å². The Labute approximate surface area is 118 Å². The normalized spacial score (nSPS) is 22.5. The van der Waals surface area contributed by atoms with Gasteiger partial charge in [-0.2, -0.15) is 0 Å². The van der Waals surface area contributed by atoms with Crippen molar-refractivity contribution in [2.24, 2.45) is 0 Å². The molecule has 20 heavy (non-hydrogen) atoms. The second-order valence-electron chi connectivity index (χ2n) is 5.57. The summed E-state index contributed by atoms with van der Waals surface area (Å²) in [6.45, 7) is 5.43. The zero-order chi connectivity index (χ0) is 15.3. The first-order valence-electron chi connectivity index (χ1n) is 6.85. The van der Waals surface area contributed by atoms with Crippen molar-refractivity contribution in [3.05, 3.63) is 0 Å². The standard InChI is InChI=1S/C13H23N3O4/c1-9(2)15-10(17)8-14-12(20)16-7-5-4-6-13(16,3)11(18)19/h9H,4-8H2,1-3H3,(H,14,20)(H,15,17)(H,18,19). The number of aliphatic carboxylic acids is 1. The third-order valence-corrected chi connectivity index (χ3v) is 3.45. The van der Waals surface area contributed by atoms with Gasteiger partial charge in [-0.15, -0.1) is 0 Å². The molecule has 114 valence electrons. The maximum Gasteiger partial charge on any atom is 0.329 e. The van der Waals surface area contributed by atoms with Crippen LogP contribution in [0.3, 0.4) is 0 Å². The predicted molar refractivity (Wildman–Crippen MR) is 73.3 cm³/mol. The summed E-state index contributed by atoms with van der Waals surface area (Å²) in [5.41, 5.74) is -1.20. The second-order valence-corrected chi connectivity index (χ2v) is 5.57. The molecule has 0 bridgehead atoms. The van der Waals surface area contributed by atoms with Crippen molar-refractivity contribution in [1.82, 2.24) is 15.5 Å². The third-order valence-electron chi connectivity index (χ3n) is 3.45. The van der Waals surface area contributed by atoms with Gasteiger partial charge in [0.1, 0.15) is 5.54 Å². The Morgan fingerprint density at radius 3 is 2.50 bits per heavy atom. The maximum absolute atomic E-state index is 12.1. The summed E-state index contributed by atoms with van der Waals surface area (Å²) in [5.74, 6) is -1.30. The van der Waals surface area contributed by atoms with E-state index in [1.54, 1.807) is 6.92 Å². The lowest BCUT2D eigenvalue weighted by Crippen LogP contribution is -2.60. The summed E-state index contributed by atoms with van der Waals surface area (Å²) in [5, 5.41) is 14.4. The van der Waals surface area contributed by atoms with E-state index in [1.807, 2.05) is 13.8 Å². The van der Waals surface area contributed by atoms with Gasteiger partial charge in [0, 0.05) is 12.6 Å². The molecule has 1 saturated heterocycles. The Morgan fingerprint density at radius 1 is 1.30 bits per heavy atom. The van der Waals surface area contributed by atoms with Gasteiger partial charge in [-0.05, 0) is 40.0 Å². The number of carboxylic acid groups (broad SMARTS) is 1. The fraction of sp³-hybridized carbons (Fsp3) is 0.769. The Hall–Kier alpha value is -1.79. The molecule has 1 atom stereocenters. The number of piperidine rings is 1. The summed E-state index contributed by atoms with van der Waals surface area (Å²) in [6.07, 6.45) is 1.98. The quantitative estimate of drug-likeness (QED) is 0.702. The minimum Gasteiger partial charge on any atom is -0.480 e. The zero-order valence-corrected chi connectivity index (χ0v) is 12.2. The summed E-state index contributed by atoms with van der Waals surface area (Å²) < 4.78 is 0. The number of amides is 3. The molecule has 0 aliphatic carbocycles. The van der Waals surface area contributed by atoms with Crippen molar-refractivity contribution >= 4 is 17.9 Å². The number of nitrogens with one attached hydrogen (secondary N) is 2. The van der Waals surface area contributed by atoms with Crippen LogP contribution in [0.25, 0.3) is 0 Å². The average Bonchev–Trinajstić information content (AvgIpc) is 2.35. The molecule has 7 heteroatoms. The van der Waals surface area contributed by atoms with Crippen molar-refractivity contribution in [3.8, 4) is 0 Å². The Kier molecular flexibility index (Phi) is 5.35. The lowest BCUT2D eigenvalue weighted by molar-refractivity contribution is -0.150. The van der Waals surface area contributed by atoms with Crippen LogP contribution in [0.4, 0.5) is 4.79 Å². The summed E-state index contributed by atoms with van der Waals surface area (Å²) in [6, 6.07) is -0.507. The largest absolute Gasteiger partial charge is 0.480 e. The molecule has 0 aromatic rings. The molecule has 3 N–H and O–H groups in total. The first-order valence-corrected chi connectivity index (χ1v) is 6.85. The van der Waals surface area contributed by atoms with E-state index in [1.165, 1.54) is 4.90 Å². The molecule has 3 amide bonds. The van der Waals surface area contributed by atoms with Gasteiger partial charge in [-0.3, -0.25) is 4.79 Å². The van der Waals surface area contributed by atoms with E-state index in [2.05, 4.69) is 10.6 Å². The van der Waals surface area contributed by atoms with E-state index in [9.17, 15) is 19.5 Å². The third kappa shape index (κ3) is 3.85. The highest BCUT2D eigenvalue weighted by atomic mass is 16.4. The lowest BCUT2D eigenvalue weighted by atomic mass is 9.89. The van der Waals surface area contributed by atoms with Crippen LogP contribution in [0, 0.1) is 0 Å². The van der Waals surface area contributed by atoms with E-state index in [4.69, 9.17) is 0 Å². The van der Waals surface area contributed by atoms with Gasteiger partial charge in [0.15, 0.2) is 0 Å². The fourth-order valence-electron chi connectivity index (χ4n) is 2.29. The minimum absolute atomic E-state index is 0.00123. The molecule has 7 nitrogen and oxygen atoms in total. The molecule has 0 aromatic heterocycles. The number of hydrogen-bond donors (Lipinski definition) is 3. The molecule has 1 fully saturated rings. The predicted octanol–water partition coefficient (Wildman–Crippen LogP) is 0.550. The first kappa shape index (κ1) is 16.3. The molecular weight excluding hydrogens is 262 g/mol. The van der Waals surface area contributed by atoms with Crippen molar-refractivity contribution < 1.29 is 19.5 Å². The summed E-state index contributed by atoms with van der Waals surface area (Å²) >= 11 is 0. The number of carbonyl (C=O) groups excluding carboxylic acids is 2. The van der Waals surface area contributed by atoms with Gasteiger partial charge in [0.2, 0.25) is 5.91 Å². The molecule has 1 unspecified atom stereocenters. The number of carbonyl (C=O) groups is 3. The van der Waals surface area contributed by atoms with Crippen molar-refractivity contribution in [3.63, 3.8) is 0 Å². The van der Waals surface area contributed by atoms with E-state index in [-0.39, 0.29) is 18.5 Å². The van der Waals surface area contributed by atoms with Crippen LogP contribution in [0.1, 0.15) is 40.0 Å². The molecule has 1 heterocycles. The Bertz CT molecular complexity index is 397. The Morgan fingerprint density at radius 2 is 1.95 bits per heavy atom. The molecular formula is C13H23N3O4. The molecule has 0 spiro atoms. The smallest absolute Gasteiger partial charge is 0.329 e. The lowest BCUT2D eigenvalue weighted by Gasteiger charge is -2.41. The van der Waals surface area contributed by atoms with Gasteiger partial charge < -0.3 is 20.6 Å². The average molecular weight is 285 g/mol.